The van der Waals surface area contributed by atoms with Gasteiger partial charge in [0.25, 0.3) is 0 Å². The van der Waals surface area contributed by atoms with Crippen LogP contribution in [0.1, 0.15) is 59.3 Å². The minimum absolute atomic E-state index is 0.247. The van der Waals surface area contributed by atoms with E-state index in [1.807, 2.05) is 0 Å². The van der Waals surface area contributed by atoms with E-state index in [4.69, 9.17) is 0 Å². The van der Waals surface area contributed by atoms with Gasteiger partial charge in [-0.2, -0.15) is 0 Å². The molecule has 0 bridgehead atoms. The van der Waals surface area contributed by atoms with Crippen LogP contribution in [-0.2, 0) is 0 Å². The minimum Gasteiger partial charge on any atom is -0.332 e. The molecule has 1 aliphatic carbocycles. The predicted octanol–water partition coefficient (Wildman–Crippen LogP) is 3.67. The van der Waals surface area contributed by atoms with Crippen molar-refractivity contribution in [1.82, 2.24) is 14.8 Å². The summed E-state index contributed by atoms with van der Waals surface area (Å²) in [7, 11) is -1.45. The van der Waals surface area contributed by atoms with Gasteiger partial charge in [-0.3, -0.25) is 0 Å². The molecule has 23 heavy (non-hydrogen) atoms. The number of nitrogens with zero attached hydrogens (tertiary/aromatic N) is 2. The zero-order valence-corrected chi connectivity index (χ0v) is 17.2. The molecule has 0 aromatic carbocycles. The van der Waals surface area contributed by atoms with Crippen LogP contribution >= 0.6 is 0 Å². The maximum absolute atomic E-state index is 4.10. The van der Waals surface area contributed by atoms with Gasteiger partial charge in [0.1, 0.15) is 8.24 Å². The first-order valence-corrected chi connectivity index (χ1v) is 13.1. The van der Waals surface area contributed by atoms with Crippen molar-refractivity contribution in [3.8, 4) is 0 Å². The van der Waals surface area contributed by atoms with E-state index < -0.39 is 8.24 Å². The van der Waals surface area contributed by atoms with E-state index in [0.717, 1.165) is 17.6 Å². The van der Waals surface area contributed by atoms with Crippen molar-refractivity contribution in [3.63, 3.8) is 0 Å². The van der Waals surface area contributed by atoms with Crippen molar-refractivity contribution in [2.24, 2.45) is 0 Å². The molecule has 4 heteroatoms. The summed E-state index contributed by atoms with van der Waals surface area (Å²) < 4.78 is 0. The van der Waals surface area contributed by atoms with Crippen molar-refractivity contribution in [2.45, 2.75) is 95.6 Å². The van der Waals surface area contributed by atoms with Gasteiger partial charge >= 0.3 is 0 Å². The first-order valence-electron chi connectivity index (χ1n) is 10.0. The highest BCUT2D eigenvalue weighted by Crippen LogP contribution is 2.44. The van der Waals surface area contributed by atoms with Crippen LogP contribution in [-0.4, -0.2) is 61.8 Å². The largest absolute Gasteiger partial charge is 0.332 e. The van der Waals surface area contributed by atoms with E-state index in [1.165, 1.54) is 64.7 Å². The predicted molar refractivity (Wildman–Crippen MR) is 103 cm³/mol. The van der Waals surface area contributed by atoms with Gasteiger partial charge in [-0.05, 0) is 91.0 Å². The Labute approximate surface area is 145 Å². The second-order valence-electron chi connectivity index (χ2n) is 9.88. The summed E-state index contributed by atoms with van der Waals surface area (Å²) in [5, 5.41) is 0. The minimum atomic E-state index is -1.45. The number of rotatable bonds is 4. The van der Waals surface area contributed by atoms with E-state index in [1.54, 1.807) is 0 Å². The Balaban J connectivity index is 1.76. The van der Waals surface area contributed by atoms with Crippen molar-refractivity contribution in [3.05, 3.63) is 0 Å². The maximum Gasteiger partial charge on any atom is 0.124 e. The van der Waals surface area contributed by atoms with Crippen LogP contribution in [0.25, 0.3) is 0 Å². The van der Waals surface area contributed by atoms with Crippen molar-refractivity contribution >= 4 is 8.24 Å². The average Bonchev–Trinajstić information content (AvgIpc) is 3.17. The van der Waals surface area contributed by atoms with E-state index in [0.29, 0.717) is 0 Å². The average molecular weight is 338 g/mol. The summed E-state index contributed by atoms with van der Waals surface area (Å²) in [6.07, 6.45) is 8.59. The van der Waals surface area contributed by atoms with Gasteiger partial charge in [0.05, 0.1) is 0 Å². The Bertz CT molecular complexity index is 392. The van der Waals surface area contributed by atoms with Gasteiger partial charge < -0.3 is 14.8 Å². The third-order valence-electron chi connectivity index (χ3n) is 6.39. The highest BCUT2D eigenvalue weighted by molar-refractivity contribution is 6.76. The number of likely N-dealkylation sites (tertiary alicyclic amines) is 2. The Hall–Kier alpha value is 0.0969. The molecule has 3 atom stereocenters. The Morgan fingerprint density at radius 2 is 1.35 bits per heavy atom. The van der Waals surface area contributed by atoms with Crippen LogP contribution in [0.15, 0.2) is 0 Å². The maximum atomic E-state index is 4.10. The molecule has 2 heterocycles. The van der Waals surface area contributed by atoms with Gasteiger partial charge in [0, 0.05) is 17.6 Å². The molecule has 0 spiro atoms. The van der Waals surface area contributed by atoms with E-state index in [2.05, 4.69) is 48.6 Å². The molecule has 0 aromatic heterocycles. The molecule has 2 aliphatic heterocycles. The lowest BCUT2D eigenvalue weighted by molar-refractivity contribution is 0.207. The fourth-order valence-corrected chi connectivity index (χ4v) is 9.99. The quantitative estimate of drug-likeness (QED) is 0.790. The lowest BCUT2D eigenvalue weighted by atomic mass is 10.1. The van der Waals surface area contributed by atoms with Gasteiger partial charge in [-0.25, -0.2) is 0 Å². The molecule has 3 unspecified atom stereocenters. The summed E-state index contributed by atoms with van der Waals surface area (Å²) in [6.45, 7) is 17.7. The monoisotopic (exact) mass is 337 g/mol. The van der Waals surface area contributed by atoms with Crippen LogP contribution in [0.2, 0.25) is 18.6 Å². The van der Waals surface area contributed by atoms with Crippen LogP contribution in [0, 0.1) is 0 Å². The molecule has 0 radical (unpaired) electrons. The first kappa shape index (κ1) is 17.9. The molecule has 3 rings (SSSR count). The summed E-state index contributed by atoms with van der Waals surface area (Å²) in [6, 6.07) is 1.71. The van der Waals surface area contributed by atoms with Crippen molar-refractivity contribution < 1.29 is 0 Å². The zero-order chi connectivity index (χ0) is 16.7. The standard InChI is InChI=1S/C19H39N3Si/c1-19(2,3)20-23(4,5)18-15-16(21-10-6-7-11-21)14-17(18)22-12-8-9-13-22/h16-18,20H,6-15H2,1-5H3. The highest BCUT2D eigenvalue weighted by Gasteiger charge is 2.49. The Morgan fingerprint density at radius 3 is 1.87 bits per heavy atom. The molecular formula is C19H39N3Si. The molecule has 3 fully saturated rings. The van der Waals surface area contributed by atoms with Crippen LogP contribution < -0.4 is 4.98 Å². The van der Waals surface area contributed by atoms with Gasteiger partial charge in [0.15, 0.2) is 0 Å². The number of hydrogen-bond acceptors (Lipinski definition) is 3. The lowest BCUT2D eigenvalue weighted by Gasteiger charge is -2.42. The molecular weight excluding hydrogens is 298 g/mol. The summed E-state index contributed by atoms with van der Waals surface area (Å²) in [5.41, 5.74) is 1.15. The number of nitrogens with one attached hydrogen (secondary N) is 1. The smallest absolute Gasteiger partial charge is 0.124 e. The zero-order valence-electron chi connectivity index (χ0n) is 16.2. The van der Waals surface area contributed by atoms with Gasteiger partial charge in [-0.1, -0.05) is 13.1 Å². The van der Waals surface area contributed by atoms with E-state index in [9.17, 15) is 0 Å². The van der Waals surface area contributed by atoms with Crippen molar-refractivity contribution in [1.29, 1.82) is 0 Å². The third-order valence-corrected chi connectivity index (χ3v) is 10.3. The summed E-state index contributed by atoms with van der Waals surface area (Å²) in [4.78, 5) is 9.78. The topological polar surface area (TPSA) is 18.5 Å². The second-order valence-corrected chi connectivity index (χ2v) is 14.3. The molecule has 134 valence electrons. The lowest BCUT2D eigenvalue weighted by Crippen LogP contribution is -2.59. The first-order chi connectivity index (χ1) is 10.8. The van der Waals surface area contributed by atoms with Crippen LogP contribution in [0.3, 0.4) is 0 Å². The molecule has 3 aliphatic rings. The van der Waals surface area contributed by atoms with Crippen LogP contribution in [0.5, 0.6) is 0 Å². The number of hydrogen-bond donors (Lipinski definition) is 1. The van der Waals surface area contributed by atoms with E-state index in [-0.39, 0.29) is 5.54 Å². The van der Waals surface area contributed by atoms with Gasteiger partial charge in [-0.15, -0.1) is 0 Å². The molecule has 3 nitrogen and oxygen atoms in total. The van der Waals surface area contributed by atoms with Gasteiger partial charge in [0.2, 0.25) is 0 Å². The molecule has 0 amide bonds. The normalized spacial score (nSPS) is 34.6. The summed E-state index contributed by atoms with van der Waals surface area (Å²) >= 11 is 0. The molecule has 1 N–H and O–H groups in total. The highest BCUT2D eigenvalue weighted by atomic mass is 28.3. The Kier molecular flexibility index (Phi) is 5.28. The van der Waals surface area contributed by atoms with E-state index >= 15 is 0 Å². The second kappa shape index (κ2) is 6.78. The summed E-state index contributed by atoms with van der Waals surface area (Å²) in [5.74, 6) is 0. The Morgan fingerprint density at radius 1 is 0.826 bits per heavy atom. The van der Waals surface area contributed by atoms with Crippen LogP contribution in [0.4, 0.5) is 0 Å². The molecule has 0 aromatic rings. The fraction of sp³-hybridized carbons (Fsp3) is 1.00. The SMILES string of the molecule is CC(C)(C)N[Si](C)(C)C1CC(N2CCCC2)CC1N1CCCC1. The third kappa shape index (κ3) is 4.20. The van der Waals surface area contributed by atoms with Crippen molar-refractivity contribution in [2.75, 3.05) is 26.2 Å². The molecule has 2 saturated heterocycles. The molecule has 1 saturated carbocycles. The fourth-order valence-electron chi connectivity index (χ4n) is 5.71.